The lowest BCUT2D eigenvalue weighted by Gasteiger charge is -2.22. The molecule has 2 aromatic rings. The molecule has 1 aliphatic heterocycles. The Morgan fingerprint density at radius 2 is 2.04 bits per heavy atom. The number of nitrogens with one attached hydrogen (secondary N) is 2. The van der Waals surface area contributed by atoms with E-state index in [4.69, 9.17) is 17.3 Å². The first-order chi connectivity index (χ1) is 12.5. The Morgan fingerprint density at radius 1 is 1.27 bits per heavy atom. The summed E-state index contributed by atoms with van der Waals surface area (Å²) in [5, 5.41) is 8.03. The summed E-state index contributed by atoms with van der Waals surface area (Å²) >= 11 is 7.59. The van der Waals surface area contributed by atoms with Gasteiger partial charge < -0.3 is 21.3 Å². The lowest BCUT2D eigenvalue weighted by Crippen LogP contribution is -2.35. The number of amides is 3. The second-order valence-electron chi connectivity index (χ2n) is 6.18. The zero-order valence-corrected chi connectivity index (χ0v) is 15.8. The molecule has 3 rings (SSSR count). The molecule has 3 amide bonds. The van der Waals surface area contributed by atoms with Crippen LogP contribution in [0.25, 0.3) is 0 Å². The average molecular weight is 393 g/mol. The Labute approximate surface area is 161 Å². The number of halogens is 1. The Balaban J connectivity index is 1.74. The van der Waals surface area contributed by atoms with Gasteiger partial charge in [0.05, 0.1) is 23.8 Å². The Hall–Kier alpha value is -2.25. The van der Waals surface area contributed by atoms with Gasteiger partial charge in [-0.05, 0) is 42.5 Å². The van der Waals surface area contributed by atoms with Gasteiger partial charge in [0.15, 0.2) is 0 Å². The molecule has 1 unspecified atom stereocenters. The maximum Gasteiger partial charge on any atom is 0.312 e. The fraction of sp³-hybridized carbons (Fsp3) is 0.333. The monoisotopic (exact) mass is 392 g/mol. The third-order valence-corrected chi connectivity index (χ3v) is 5.49. The van der Waals surface area contributed by atoms with Gasteiger partial charge in [0.25, 0.3) is 0 Å². The van der Waals surface area contributed by atoms with Crippen molar-refractivity contribution >= 4 is 46.3 Å². The van der Waals surface area contributed by atoms with Gasteiger partial charge in [-0.2, -0.15) is 0 Å². The van der Waals surface area contributed by atoms with Crippen LogP contribution in [0.3, 0.4) is 0 Å². The molecular formula is C18H21ClN4O2S. The summed E-state index contributed by atoms with van der Waals surface area (Å²) in [5.74, 6) is -0.208. The predicted molar refractivity (Wildman–Crippen MR) is 106 cm³/mol. The van der Waals surface area contributed by atoms with Crippen LogP contribution in [0.4, 0.5) is 16.2 Å². The van der Waals surface area contributed by atoms with Crippen molar-refractivity contribution in [3.63, 3.8) is 0 Å². The first-order valence-corrected chi connectivity index (χ1v) is 9.72. The van der Waals surface area contributed by atoms with Crippen LogP contribution in [0.5, 0.6) is 0 Å². The van der Waals surface area contributed by atoms with Crippen molar-refractivity contribution in [1.29, 1.82) is 0 Å². The fourth-order valence-electron chi connectivity index (χ4n) is 3.11. The minimum absolute atomic E-state index is 0.0927. The standard InChI is InChI=1S/C18H21ClN4O2S/c19-12-5-6-15(23-7-1-2-8-23)13(10-12)21-17(24)11-14(22-18(20)25)16-4-3-9-26-16/h3-6,9-10,14H,1-2,7-8,11H2,(H,21,24)(H3,20,22,25). The second-order valence-corrected chi connectivity index (χ2v) is 7.60. The molecule has 1 aromatic heterocycles. The molecule has 0 bridgehead atoms. The molecule has 6 nitrogen and oxygen atoms in total. The van der Waals surface area contributed by atoms with Crippen molar-refractivity contribution in [2.24, 2.45) is 5.73 Å². The third kappa shape index (κ3) is 4.68. The van der Waals surface area contributed by atoms with Crippen molar-refractivity contribution in [1.82, 2.24) is 5.32 Å². The van der Waals surface area contributed by atoms with Crippen LogP contribution in [0.2, 0.25) is 5.02 Å². The van der Waals surface area contributed by atoms with E-state index < -0.39 is 12.1 Å². The lowest BCUT2D eigenvalue weighted by molar-refractivity contribution is -0.116. The first-order valence-electron chi connectivity index (χ1n) is 8.46. The molecule has 0 saturated carbocycles. The summed E-state index contributed by atoms with van der Waals surface area (Å²) < 4.78 is 0. The van der Waals surface area contributed by atoms with E-state index in [-0.39, 0.29) is 12.3 Å². The molecule has 0 aliphatic carbocycles. The number of carbonyl (C=O) groups is 2. The highest BCUT2D eigenvalue weighted by atomic mass is 35.5. The Morgan fingerprint density at radius 3 is 2.69 bits per heavy atom. The van der Waals surface area contributed by atoms with E-state index >= 15 is 0 Å². The number of hydrogen-bond donors (Lipinski definition) is 3. The van der Waals surface area contributed by atoms with E-state index in [1.54, 1.807) is 6.07 Å². The zero-order chi connectivity index (χ0) is 18.5. The van der Waals surface area contributed by atoms with Crippen LogP contribution >= 0.6 is 22.9 Å². The number of anilines is 2. The van der Waals surface area contributed by atoms with Gasteiger partial charge in [-0.15, -0.1) is 11.3 Å². The predicted octanol–water partition coefficient (Wildman–Crippen LogP) is 3.74. The summed E-state index contributed by atoms with van der Waals surface area (Å²) in [6.45, 7) is 1.93. The summed E-state index contributed by atoms with van der Waals surface area (Å²) in [7, 11) is 0. The van der Waals surface area contributed by atoms with Crippen LogP contribution < -0.4 is 21.3 Å². The van der Waals surface area contributed by atoms with E-state index in [9.17, 15) is 9.59 Å². The average Bonchev–Trinajstić information content (AvgIpc) is 3.28. The number of hydrogen-bond acceptors (Lipinski definition) is 4. The molecule has 1 atom stereocenters. The molecule has 138 valence electrons. The van der Waals surface area contributed by atoms with E-state index in [1.807, 2.05) is 29.6 Å². The SMILES string of the molecule is NC(=O)NC(CC(=O)Nc1cc(Cl)ccc1N1CCCC1)c1cccs1. The van der Waals surface area contributed by atoms with Gasteiger partial charge in [-0.3, -0.25) is 4.79 Å². The molecule has 1 aromatic carbocycles. The first kappa shape index (κ1) is 18.5. The minimum atomic E-state index is -0.656. The molecule has 1 aliphatic rings. The fourth-order valence-corrected chi connectivity index (χ4v) is 4.06. The molecular weight excluding hydrogens is 372 g/mol. The van der Waals surface area contributed by atoms with E-state index in [1.165, 1.54) is 11.3 Å². The van der Waals surface area contributed by atoms with Crippen LogP contribution in [0.1, 0.15) is 30.2 Å². The number of carbonyl (C=O) groups excluding carboxylic acids is 2. The number of benzene rings is 1. The van der Waals surface area contributed by atoms with Crippen molar-refractivity contribution in [2.75, 3.05) is 23.3 Å². The maximum atomic E-state index is 12.6. The van der Waals surface area contributed by atoms with Crippen LogP contribution in [-0.4, -0.2) is 25.0 Å². The zero-order valence-electron chi connectivity index (χ0n) is 14.2. The van der Waals surface area contributed by atoms with Crippen LogP contribution in [-0.2, 0) is 4.79 Å². The number of nitrogens with two attached hydrogens (primary N) is 1. The lowest BCUT2D eigenvalue weighted by atomic mass is 10.1. The number of primary amides is 1. The maximum absolute atomic E-state index is 12.6. The Bertz CT molecular complexity index is 776. The highest BCUT2D eigenvalue weighted by molar-refractivity contribution is 7.10. The Kier molecular flexibility index (Phi) is 6.00. The van der Waals surface area contributed by atoms with Gasteiger partial charge in [0.1, 0.15) is 0 Å². The van der Waals surface area contributed by atoms with Crippen LogP contribution in [0.15, 0.2) is 35.7 Å². The van der Waals surface area contributed by atoms with E-state index in [0.717, 1.165) is 36.5 Å². The van der Waals surface area contributed by atoms with Gasteiger partial charge in [0, 0.05) is 23.0 Å². The number of nitrogens with zero attached hydrogens (tertiary/aromatic N) is 1. The minimum Gasteiger partial charge on any atom is -0.370 e. The van der Waals surface area contributed by atoms with Crippen molar-refractivity contribution in [3.05, 3.63) is 45.6 Å². The molecule has 1 saturated heterocycles. The summed E-state index contributed by atoms with van der Waals surface area (Å²) in [6.07, 6.45) is 2.37. The smallest absolute Gasteiger partial charge is 0.312 e. The van der Waals surface area contributed by atoms with Gasteiger partial charge in [-0.1, -0.05) is 17.7 Å². The topological polar surface area (TPSA) is 87.5 Å². The van der Waals surface area contributed by atoms with E-state index in [2.05, 4.69) is 15.5 Å². The van der Waals surface area contributed by atoms with Gasteiger partial charge >= 0.3 is 6.03 Å². The van der Waals surface area contributed by atoms with E-state index in [0.29, 0.717) is 10.7 Å². The molecule has 1 fully saturated rings. The number of rotatable bonds is 6. The molecule has 4 N–H and O–H groups in total. The second kappa shape index (κ2) is 8.42. The molecule has 0 spiro atoms. The molecule has 2 heterocycles. The third-order valence-electron chi connectivity index (χ3n) is 4.27. The highest BCUT2D eigenvalue weighted by Gasteiger charge is 2.21. The molecule has 8 heteroatoms. The van der Waals surface area contributed by atoms with Gasteiger partial charge in [-0.25, -0.2) is 4.79 Å². The van der Waals surface area contributed by atoms with Crippen molar-refractivity contribution < 1.29 is 9.59 Å². The van der Waals surface area contributed by atoms with Gasteiger partial charge in [0.2, 0.25) is 5.91 Å². The van der Waals surface area contributed by atoms with Crippen molar-refractivity contribution in [3.8, 4) is 0 Å². The van der Waals surface area contributed by atoms with Crippen LogP contribution in [0, 0.1) is 0 Å². The number of urea groups is 1. The summed E-state index contributed by atoms with van der Waals surface area (Å²) in [6, 6.07) is 8.15. The van der Waals surface area contributed by atoms with Crippen molar-refractivity contribution in [2.45, 2.75) is 25.3 Å². The quantitative estimate of drug-likeness (QED) is 0.699. The summed E-state index contributed by atoms with van der Waals surface area (Å²) in [5.41, 5.74) is 6.91. The molecule has 26 heavy (non-hydrogen) atoms. The summed E-state index contributed by atoms with van der Waals surface area (Å²) in [4.78, 5) is 27.0. The largest absolute Gasteiger partial charge is 0.370 e. The molecule has 0 radical (unpaired) electrons. The highest BCUT2D eigenvalue weighted by Crippen LogP contribution is 2.32. The normalized spacial score (nSPS) is 14.9. The number of thiophene rings is 1.